The molecule has 0 aromatic heterocycles. The molecule has 3 atom stereocenters. The van der Waals surface area contributed by atoms with Crippen LogP contribution in [0.5, 0.6) is 0 Å². The maximum Gasteiger partial charge on any atom is 0.255 e. The fraction of sp³-hybridized carbons (Fsp3) is 0.571. The summed E-state index contributed by atoms with van der Waals surface area (Å²) in [5.74, 6) is -0.747. The highest BCUT2D eigenvalue weighted by Gasteiger charge is 2.39. The average Bonchev–Trinajstić information content (AvgIpc) is 3.04. The Morgan fingerprint density at radius 2 is 2.07 bits per heavy atom. The van der Waals surface area contributed by atoms with Gasteiger partial charge in [0.05, 0.1) is 0 Å². The first-order valence-electron chi connectivity index (χ1n) is 10.3. The Balaban J connectivity index is 1.45. The molecule has 3 N–H and O–H groups in total. The number of carbonyl (C=O) groups is 3. The second-order valence-electron chi connectivity index (χ2n) is 8.07. The van der Waals surface area contributed by atoms with E-state index >= 15 is 0 Å². The molecule has 1 aromatic carbocycles. The maximum atomic E-state index is 12.9. The summed E-state index contributed by atoms with van der Waals surface area (Å²) in [4.78, 5) is 38.1. The Bertz CT molecular complexity index is 788. The normalized spacial score (nSPS) is 26.2. The van der Waals surface area contributed by atoms with Gasteiger partial charge in [0.1, 0.15) is 6.04 Å². The molecule has 28 heavy (non-hydrogen) atoms. The molecule has 3 unspecified atom stereocenters. The summed E-state index contributed by atoms with van der Waals surface area (Å²) in [5.41, 5.74) is 2.77. The summed E-state index contributed by atoms with van der Waals surface area (Å²) in [7, 11) is 0. The Hall–Kier alpha value is -2.25. The lowest BCUT2D eigenvalue weighted by Crippen LogP contribution is -2.52. The van der Waals surface area contributed by atoms with E-state index in [9.17, 15) is 14.4 Å². The van der Waals surface area contributed by atoms with E-state index in [2.05, 4.69) is 22.9 Å². The van der Waals surface area contributed by atoms with E-state index < -0.39 is 6.04 Å². The highest BCUT2D eigenvalue weighted by atomic mass is 16.2. The van der Waals surface area contributed by atoms with Gasteiger partial charge in [-0.25, -0.2) is 0 Å². The van der Waals surface area contributed by atoms with Crippen LogP contribution in [0, 0.1) is 0 Å². The quantitative estimate of drug-likeness (QED) is 0.661. The van der Waals surface area contributed by atoms with Crippen LogP contribution in [0.4, 0.5) is 0 Å². The second-order valence-corrected chi connectivity index (χ2v) is 8.07. The fourth-order valence-electron chi connectivity index (χ4n) is 4.53. The molecule has 0 spiro atoms. The Morgan fingerprint density at radius 1 is 1.21 bits per heavy atom. The summed E-state index contributed by atoms with van der Waals surface area (Å²) >= 11 is 0. The number of amides is 3. The zero-order valence-corrected chi connectivity index (χ0v) is 16.3. The van der Waals surface area contributed by atoms with Crippen LogP contribution >= 0.6 is 0 Å². The van der Waals surface area contributed by atoms with E-state index in [-0.39, 0.29) is 24.1 Å². The molecule has 1 aromatic rings. The number of fused-ring (bicyclic) bond motifs is 1. The van der Waals surface area contributed by atoms with Crippen molar-refractivity contribution in [1.29, 1.82) is 0 Å². The van der Waals surface area contributed by atoms with Gasteiger partial charge >= 0.3 is 0 Å². The van der Waals surface area contributed by atoms with E-state index in [1.54, 1.807) is 4.90 Å². The number of rotatable bonds is 5. The predicted molar refractivity (Wildman–Crippen MR) is 104 cm³/mol. The van der Waals surface area contributed by atoms with Crippen molar-refractivity contribution in [1.82, 2.24) is 20.9 Å². The van der Waals surface area contributed by atoms with Gasteiger partial charge in [0.2, 0.25) is 11.8 Å². The topological polar surface area (TPSA) is 90.5 Å². The summed E-state index contributed by atoms with van der Waals surface area (Å²) in [6.45, 7) is 4.40. The molecule has 2 saturated heterocycles. The summed E-state index contributed by atoms with van der Waals surface area (Å²) in [6.07, 6.45) is 4.36. The van der Waals surface area contributed by atoms with Gasteiger partial charge in [0, 0.05) is 37.2 Å². The third-order valence-corrected chi connectivity index (χ3v) is 6.25. The molecule has 7 nitrogen and oxygen atoms in total. The fourth-order valence-corrected chi connectivity index (χ4v) is 4.53. The van der Waals surface area contributed by atoms with Gasteiger partial charge in [0.25, 0.3) is 5.91 Å². The molecule has 3 heterocycles. The molecular weight excluding hydrogens is 356 g/mol. The van der Waals surface area contributed by atoms with Crippen molar-refractivity contribution in [2.75, 3.05) is 6.54 Å². The average molecular weight is 384 g/mol. The molecule has 3 aliphatic rings. The Labute approximate surface area is 165 Å². The zero-order valence-electron chi connectivity index (χ0n) is 16.3. The zero-order chi connectivity index (χ0) is 19.7. The molecule has 150 valence electrons. The van der Waals surface area contributed by atoms with Gasteiger partial charge in [-0.15, -0.1) is 0 Å². The second kappa shape index (κ2) is 8.01. The van der Waals surface area contributed by atoms with Crippen molar-refractivity contribution < 1.29 is 14.4 Å². The van der Waals surface area contributed by atoms with E-state index in [0.29, 0.717) is 37.2 Å². The number of piperidine rings is 2. The van der Waals surface area contributed by atoms with Crippen molar-refractivity contribution in [3.63, 3.8) is 0 Å². The summed E-state index contributed by atoms with van der Waals surface area (Å²) in [6, 6.07) is 6.05. The number of hydrogen-bond acceptors (Lipinski definition) is 5. The third-order valence-electron chi connectivity index (χ3n) is 6.25. The first-order chi connectivity index (χ1) is 13.5. The van der Waals surface area contributed by atoms with Crippen LogP contribution in [-0.4, -0.2) is 47.3 Å². The van der Waals surface area contributed by atoms with Crippen LogP contribution in [0.1, 0.15) is 60.5 Å². The van der Waals surface area contributed by atoms with E-state index in [0.717, 1.165) is 17.7 Å². The van der Waals surface area contributed by atoms with Crippen molar-refractivity contribution in [3.05, 3.63) is 34.9 Å². The van der Waals surface area contributed by atoms with Crippen molar-refractivity contribution in [3.8, 4) is 0 Å². The standard InChI is InChI=1S/C21H28N4O3/c1-13(17-7-2-3-10-22-17)23-11-14-5-4-6-15-16(14)12-25(21(15)28)18-8-9-19(26)24-20(18)27/h4-6,13,17-18,22-23H,2-3,7-12H2,1H3,(H,24,26,27). The monoisotopic (exact) mass is 384 g/mol. The molecule has 2 fully saturated rings. The van der Waals surface area contributed by atoms with Crippen molar-refractivity contribution >= 4 is 17.7 Å². The molecule has 7 heteroatoms. The van der Waals surface area contributed by atoms with E-state index in [1.165, 1.54) is 19.3 Å². The molecule has 3 amide bonds. The smallest absolute Gasteiger partial charge is 0.255 e. The van der Waals surface area contributed by atoms with Crippen LogP contribution < -0.4 is 16.0 Å². The van der Waals surface area contributed by atoms with E-state index in [1.807, 2.05) is 18.2 Å². The number of nitrogens with zero attached hydrogens (tertiary/aromatic N) is 1. The minimum absolute atomic E-state index is 0.117. The number of nitrogens with one attached hydrogen (secondary N) is 3. The molecule has 3 aliphatic heterocycles. The van der Waals surface area contributed by atoms with Crippen LogP contribution in [0.15, 0.2) is 18.2 Å². The van der Waals surface area contributed by atoms with Crippen molar-refractivity contribution in [2.45, 2.75) is 70.2 Å². The van der Waals surface area contributed by atoms with Crippen LogP contribution in [0.3, 0.4) is 0 Å². The lowest BCUT2D eigenvalue weighted by Gasteiger charge is -2.30. The third kappa shape index (κ3) is 3.69. The largest absolute Gasteiger partial charge is 0.322 e. The minimum Gasteiger partial charge on any atom is -0.322 e. The first kappa shape index (κ1) is 19.1. The summed E-state index contributed by atoms with van der Waals surface area (Å²) in [5, 5.41) is 9.54. The van der Waals surface area contributed by atoms with Crippen LogP contribution in [-0.2, 0) is 22.7 Å². The summed E-state index contributed by atoms with van der Waals surface area (Å²) < 4.78 is 0. The number of hydrogen-bond donors (Lipinski definition) is 3. The molecule has 0 saturated carbocycles. The maximum absolute atomic E-state index is 12.9. The Morgan fingerprint density at radius 3 is 2.82 bits per heavy atom. The van der Waals surface area contributed by atoms with Crippen molar-refractivity contribution in [2.24, 2.45) is 0 Å². The SMILES string of the molecule is CC(NCc1cccc2c1CN(C1CCC(=O)NC1=O)C2=O)C1CCCCN1. The molecule has 0 radical (unpaired) electrons. The van der Waals surface area contributed by atoms with Gasteiger partial charge in [-0.1, -0.05) is 18.6 Å². The number of imide groups is 1. The van der Waals surface area contributed by atoms with Gasteiger partial charge in [-0.2, -0.15) is 0 Å². The van der Waals surface area contributed by atoms with Gasteiger partial charge in [-0.05, 0) is 49.9 Å². The number of benzene rings is 1. The molecule has 4 rings (SSSR count). The lowest BCUT2D eigenvalue weighted by molar-refractivity contribution is -0.136. The highest BCUT2D eigenvalue weighted by Crippen LogP contribution is 2.30. The molecule has 0 aliphatic carbocycles. The molecular formula is C21H28N4O3. The Kier molecular flexibility index (Phi) is 5.46. The minimum atomic E-state index is -0.566. The van der Waals surface area contributed by atoms with Crippen LogP contribution in [0.25, 0.3) is 0 Å². The lowest BCUT2D eigenvalue weighted by atomic mass is 9.98. The number of carbonyl (C=O) groups excluding carboxylic acids is 3. The first-order valence-corrected chi connectivity index (χ1v) is 10.3. The van der Waals surface area contributed by atoms with Gasteiger partial charge < -0.3 is 15.5 Å². The van der Waals surface area contributed by atoms with E-state index in [4.69, 9.17) is 0 Å². The van der Waals surface area contributed by atoms with Gasteiger partial charge in [0.15, 0.2) is 0 Å². The molecule has 0 bridgehead atoms. The van der Waals surface area contributed by atoms with Crippen LogP contribution in [0.2, 0.25) is 0 Å². The predicted octanol–water partition coefficient (Wildman–Crippen LogP) is 1.07. The van der Waals surface area contributed by atoms with Gasteiger partial charge in [-0.3, -0.25) is 19.7 Å². The highest BCUT2D eigenvalue weighted by molar-refractivity contribution is 6.05.